The van der Waals surface area contributed by atoms with E-state index in [9.17, 15) is 4.79 Å². The monoisotopic (exact) mass is 185 g/mol. The van der Waals surface area contributed by atoms with Crippen molar-refractivity contribution in [1.82, 2.24) is 15.8 Å². The van der Waals surface area contributed by atoms with Crippen LogP contribution in [0.5, 0.6) is 0 Å². The van der Waals surface area contributed by atoms with E-state index in [-0.39, 0.29) is 6.03 Å². The van der Waals surface area contributed by atoms with Gasteiger partial charge in [0.2, 0.25) is 0 Å². The molecule has 1 unspecified atom stereocenters. The number of nitrogens with one attached hydrogen (secondary N) is 2. The first-order valence-electron chi connectivity index (χ1n) is 5.09. The zero-order valence-electron chi connectivity index (χ0n) is 8.47. The van der Waals surface area contributed by atoms with E-state index in [4.69, 9.17) is 0 Å². The van der Waals surface area contributed by atoms with Crippen LogP contribution >= 0.6 is 0 Å². The molecule has 4 heteroatoms. The summed E-state index contributed by atoms with van der Waals surface area (Å²) in [4.78, 5) is 13.4. The van der Waals surface area contributed by atoms with Crippen LogP contribution in [0.3, 0.4) is 0 Å². The maximum atomic E-state index is 11.4. The number of hydrogen-bond acceptors (Lipinski definition) is 2. The second-order valence-corrected chi connectivity index (χ2v) is 3.40. The quantitative estimate of drug-likeness (QED) is 0.688. The minimum atomic E-state index is 0.0200. The summed E-state index contributed by atoms with van der Waals surface area (Å²) in [5.74, 6) is 0. The molecule has 13 heavy (non-hydrogen) atoms. The summed E-state index contributed by atoms with van der Waals surface area (Å²) in [7, 11) is 0. The highest BCUT2D eigenvalue weighted by atomic mass is 16.2. The normalized spacial score (nSPS) is 19.8. The van der Waals surface area contributed by atoms with E-state index in [2.05, 4.69) is 24.7 Å². The van der Waals surface area contributed by atoms with Crippen molar-refractivity contribution in [2.75, 3.05) is 13.1 Å². The molecule has 2 amide bonds. The number of carbonyl (C=O) groups excluding carboxylic acids is 1. The van der Waals surface area contributed by atoms with Crippen molar-refractivity contribution < 1.29 is 4.79 Å². The molecule has 0 aromatic carbocycles. The maximum absolute atomic E-state index is 11.4. The number of hydrogen-bond donors (Lipinski definition) is 2. The van der Waals surface area contributed by atoms with Crippen LogP contribution in [0.15, 0.2) is 0 Å². The Kier molecular flexibility index (Phi) is 4.02. The van der Waals surface area contributed by atoms with E-state index in [1.54, 1.807) is 0 Å². The van der Waals surface area contributed by atoms with Crippen molar-refractivity contribution in [2.24, 2.45) is 0 Å². The van der Waals surface area contributed by atoms with E-state index in [1.807, 2.05) is 4.90 Å². The molecule has 0 aromatic rings. The van der Waals surface area contributed by atoms with Gasteiger partial charge >= 0.3 is 6.03 Å². The highest BCUT2D eigenvalue weighted by Gasteiger charge is 2.23. The largest absolute Gasteiger partial charge is 0.332 e. The van der Waals surface area contributed by atoms with Crippen molar-refractivity contribution in [1.29, 1.82) is 0 Å². The second kappa shape index (κ2) is 5.07. The Morgan fingerprint density at radius 1 is 1.54 bits per heavy atom. The highest BCUT2D eigenvalue weighted by molar-refractivity contribution is 5.74. The minimum Gasteiger partial charge on any atom is -0.319 e. The molecular weight excluding hydrogens is 166 g/mol. The predicted octanol–water partition coefficient (Wildman–Crippen LogP) is 1.09. The summed E-state index contributed by atoms with van der Waals surface area (Å²) < 4.78 is 0. The lowest BCUT2D eigenvalue weighted by Gasteiger charge is -2.34. The summed E-state index contributed by atoms with van der Waals surface area (Å²) in [5, 5.41) is 0. The van der Waals surface area contributed by atoms with Crippen LogP contribution in [-0.4, -0.2) is 30.1 Å². The molecule has 1 atom stereocenters. The van der Waals surface area contributed by atoms with Crippen LogP contribution < -0.4 is 10.9 Å². The first-order valence-corrected chi connectivity index (χ1v) is 5.09. The number of rotatable bonds is 4. The van der Waals surface area contributed by atoms with Crippen molar-refractivity contribution in [3.63, 3.8) is 0 Å². The van der Waals surface area contributed by atoms with Gasteiger partial charge in [-0.25, -0.2) is 10.2 Å². The Labute approximate surface area is 79.6 Å². The van der Waals surface area contributed by atoms with E-state index >= 15 is 0 Å². The molecule has 0 aliphatic carbocycles. The Bertz CT molecular complexity index is 172. The van der Waals surface area contributed by atoms with Gasteiger partial charge in [0.15, 0.2) is 0 Å². The van der Waals surface area contributed by atoms with Gasteiger partial charge < -0.3 is 4.90 Å². The van der Waals surface area contributed by atoms with Gasteiger partial charge in [-0.1, -0.05) is 20.3 Å². The van der Waals surface area contributed by atoms with Crippen LogP contribution in [0.1, 0.15) is 33.1 Å². The number of amides is 2. The van der Waals surface area contributed by atoms with Gasteiger partial charge in [0, 0.05) is 19.1 Å². The molecule has 0 aromatic heterocycles. The summed E-state index contributed by atoms with van der Waals surface area (Å²) in [6.45, 7) is 5.95. The van der Waals surface area contributed by atoms with Gasteiger partial charge in [-0.2, -0.15) is 0 Å². The van der Waals surface area contributed by atoms with Gasteiger partial charge in [0.05, 0.1) is 0 Å². The summed E-state index contributed by atoms with van der Waals surface area (Å²) in [6.07, 6.45) is 3.28. The maximum Gasteiger partial charge on any atom is 0.332 e. The smallest absolute Gasteiger partial charge is 0.319 e. The molecule has 1 aliphatic rings. The Balaban J connectivity index is 2.49. The molecule has 1 fully saturated rings. The molecule has 76 valence electrons. The lowest BCUT2D eigenvalue weighted by molar-refractivity contribution is 0.147. The van der Waals surface area contributed by atoms with Crippen molar-refractivity contribution in [3.05, 3.63) is 0 Å². The topological polar surface area (TPSA) is 44.4 Å². The van der Waals surface area contributed by atoms with Gasteiger partial charge in [0.1, 0.15) is 0 Å². The molecule has 4 nitrogen and oxygen atoms in total. The SMILES string of the molecule is CCCC(CC)N1CCNNC1=O. The fourth-order valence-electron chi connectivity index (χ4n) is 1.75. The van der Waals surface area contributed by atoms with Crippen molar-refractivity contribution >= 4 is 6.03 Å². The molecule has 0 saturated carbocycles. The van der Waals surface area contributed by atoms with Gasteiger partial charge in [-0.3, -0.25) is 5.43 Å². The van der Waals surface area contributed by atoms with Crippen LogP contribution in [0.25, 0.3) is 0 Å². The van der Waals surface area contributed by atoms with Crippen LogP contribution in [-0.2, 0) is 0 Å². The molecule has 0 bridgehead atoms. The molecular formula is C9H19N3O. The summed E-state index contributed by atoms with van der Waals surface area (Å²) >= 11 is 0. The Hall–Kier alpha value is -0.770. The molecule has 1 rings (SSSR count). The summed E-state index contributed by atoms with van der Waals surface area (Å²) in [6, 6.07) is 0.429. The Morgan fingerprint density at radius 3 is 2.85 bits per heavy atom. The van der Waals surface area contributed by atoms with E-state index in [0.717, 1.165) is 32.4 Å². The predicted molar refractivity (Wildman–Crippen MR) is 52.2 cm³/mol. The minimum absolute atomic E-state index is 0.0200. The number of urea groups is 1. The number of carbonyl (C=O) groups is 1. The van der Waals surface area contributed by atoms with Gasteiger partial charge in [-0.15, -0.1) is 0 Å². The fourth-order valence-corrected chi connectivity index (χ4v) is 1.75. The van der Waals surface area contributed by atoms with Crippen LogP contribution in [0, 0.1) is 0 Å². The third-order valence-electron chi connectivity index (χ3n) is 2.47. The molecule has 1 saturated heterocycles. The van der Waals surface area contributed by atoms with Gasteiger partial charge in [-0.05, 0) is 12.8 Å². The Morgan fingerprint density at radius 2 is 2.31 bits per heavy atom. The third-order valence-corrected chi connectivity index (χ3v) is 2.47. The zero-order chi connectivity index (χ0) is 9.68. The van der Waals surface area contributed by atoms with E-state index in [1.165, 1.54) is 0 Å². The average Bonchev–Trinajstić information content (AvgIpc) is 2.16. The van der Waals surface area contributed by atoms with Crippen LogP contribution in [0.2, 0.25) is 0 Å². The molecule has 0 spiro atoms. The molecule has 0 radical (unpaired) electrons. The van der Waals surface area contributed by atoms with Crippen molar-refractivity contribution in [3.8, 4) is 0 Å². The highest BCUT2D eigenvalue weighted by Crippen LogP contribution is 2.11. The van der Waals surface area contributed by atoms with Crippen LogP contribution in [0.4, 0.5) is 4.79 Å². The fraction of sp³-hybridized carbons (Fsp3) is 0.889. The lowest BCUT2D eigenvalue weighted by atomic mass is 10.1. The van der Waals surface area contributed by atoms with Gasteiger partial charge in [0.25, 0.3) is 0 Å². The van der Waals surface area contributed by atoms with Crippen molar-refractivity contribution in [2.45, 2.75) is 39.2 Å². The first-order chi connectivity index (χ1) is 6.29. The molecule has 2 N–H and O–H groups in total. The lowest BCUT2D eigenvalue weighted by Crippen LogP contribution is -2.58. The zero-order valence-corrected chi connectivity index (χ0v) is 8.47. The first kappa shape index (κ1) is 10.3. The average molecular weight is 185 g/mol. The standard InChI is InChI=1S/C9H19N3O/c1-3-5-8(4-2)12-7-6-10-11-9(12)13/h8,10H,3-7H2,1-2H3,(H,11,13). The number of nitrogens with zero attached hydrogens (tertiary/aromatic N) is 1. The summed E-state index contributed by atoms with van der Waals surface area (Å²) in [5.41, 5.74) is 5.49. The molecule has 1 aliphatic heterocycles. The molecule has 1 heterocycles. The second-order valence-electron chi connectivity index (χ2n) is 3.40. The third kappa shape index (κ3) is 2.59. The number of hydrazine groups is 1. The van der Waals surface area contributed by atoms with E-state index in [0.29, 0.717) is 6.04 Å². The van der Waals surface area contributed by atoms with E-state index < -0.39 is 0 Å².